The third-order valence-electron chi connectivity index (χ3n) is 5.80. The van der Waals surface area contributed by atoms with E-state index < -0.39 is 0 Å². The van der Waals surface area contributed by atoms with E-state index in [-0.39, 0.29) is 11.8 Å². The number of carbonyl (C=O) groups excluding carboxylic acids is 1. The van der Waals surface area contributed by atoms with Gasteiger partial charge in [0.1, 0.15) is 0 Å². The van der Waals surface area contributed by atoms with Crippen molar-refractivity contribution in [1.82, 2.24) is 9.80 Å². The Hall–Kier alpha value is -1.88. The Morgan fingerprint density at radius 3 is 2.17 bits per heavy atom. The number of piperidine rings is 1. The van der Waals surface area contributed by atoms with Gasteiger partial charge >= 0.3 is 0 Å². The van der Waals surface area contributed by atoms with E-state index in [0.29, 0.717) is 0 Å². The van der Waals surface area contributed by atoms with Crippen LogP contribution >= 0.6 is 11.6 Å². The molecule has 156 valence electrons. The van der Waals surface area contributed by atoms with Crippen LogP contribution in [-0.4, -0.2) is 41.9 Å². The molecule has 1 heterocycles. The summed E-state index contributed by atoms with van der Waals surface area (Å²) in [6.45, 7) is 10.2. The van der Waals surface area contributed by atoms with Gasteiger partial charge in [-0.1, -0.05) is 49.7 Å². The average molecular weight is 414 g/mol. The highest BCUT2D eigenvalue weighted by Crippen LogP contribution is 2.22. The topological polar surface area (TPSA) is 35.6 Å². The molecular formula is C24H32ClN3O. The number of amides is 1. The molecule has 0 bridgehead atoms. The van der Waals surface area contributed by atoms with Crippen molar-refractivity contribution in [3.05, 3.63) is 64.7 Å². The summed E-state index contributed by atoms with van der Waals surface area (Å²) < 4.78 is 0. The Labute approximate surface area is 179 Å². The highest BCUT2D eigenvalue weighted by atomic mass is 35.5. The number of anilines is 1. The third-order valence-corrected chi connectivity index (χ3v) is 6.05. The maximum atomic E-state index is 12.7. The van der Waals surface area contributed by atoms with Crippen molar-refractivity contribution in [3.63, 3.8) is 0 Å². The minimum atomic E-state index is 0.0896. The van der Waals surface area contributed by atoms with E-state index in [2.05, 4.69) is 53.2 Å². The van der Waals surface area contributed by atoms with E-state index in [4.69, 9.17) is 11.6 Å². The number of halogens is 1. The second-order valence-corrected chi connectivity index (χ2v) is 8.26. The number of likely N-dealkylation sites (tertiary alicyclic amines) is 1. The normalized spacial score (nSPS) is 15.6. The lowest BCUT2D eigenvalue weighted by atomic mass is 9.95. The van der Waals surface area contributed by atoms with Crippen molar-refractivity contribution in [2.45, 2.75) is 39.8 Å². The molecule has 1 N–H and O–H groups in total. The highest BCUT2D eigenvalue weighted by Gasteiger charge is 2.25. The molecule has 0 atom stereocenters. The van der Waals surface area contributed by atoms with Crippen molar-refractivity contribution in [1.29, 1.82) is 0 Å². The quantitative estimate of drug-likeness (QED) is 0.659. The Balaban J connectivity index is 1.45. The standard InChI is InChI=1S/C24H32ClN3O/c1-3-27(4-2)17-20-7-11-23(12-8-20)26-24(29)21-13-15-28(16-14-21)18-19-5-9-22(25)10-6-19/h5-12,21H,3-4,13-18H2,1-2H3,(H,26,29). The van der Waals surface area contributed by atoms with Gasteiger partial charge in [0, 0.05) is 29.7 Å². The summed E-state index contributed by atoms with van der Waals surface area (Å²) in [5.74, 6) is 0.236. The molecule has 2 aromatic carbocycles. The second kappa shape index (κ2) is 10.8. The molecule has 3 rings (SSSR count). The number of rotatable bonds is 8. The first-order chi connectivity index (χ1) is 14.1. The molecule has 0 unspecified atom stereocenters. The summed E-state index contributed by atoms with van der Waals surface area (Å²) in [4.78, 5) is 17.5. The van der Waals surface area contributed by atoms with Crippen LogP contribution in [0.4, 0.5) is 5.69 Å². The van der Waals surface area contributed by atoms with E-state index in [9.17, 15) is 4.79 Å². The highest BCUT2D eigenvalue weighted by molar-refractivity contribution is 6.30. The van der Waals surface area contributed by atoms with Crippen LogP contribution in [0.25, 0.3) is 0 Å². The van der Waals surface area contributed by atoms with Gasteiger partial charge in [0.25, 0.3) is 0 Å². The van der Waals surface area contributed by atoms with Crippen LogP contribution < -0.4 is 5.32 Å². The summed E-state index contributed by atoms with van der Waals surface area (Å²) >= 11 is 5.96. The van der Waals surface area contributed by atoms with Gasteiger partial charge in [-0.15, -0.1) is 0 Å². The average Bonchev–Trinajstić information content (AvgIpc) is 2.75. The molecule has 1 saturated heterocycles. The van der Waals surface area contributed by atoms with E-state index in [1.807, 2.05) is 24.3 Å². The first-order valence-electron chi connectivity index (χ1n) is 10.7. The lowest BCUT2D eigenvalue weighted by Gasteiger charge is -2.31. The van der Waals surface area contributed by atoms with Gasteiger partial charge in [-0.2, -0.15) is 0 Å². The van der Waals surface area contributed by atoms with Crippen molar-refractivity contribution in [3.8, 4) is 0 Å². The van der Waals surface area contributed by atoms with E-state index >= 15 is 0 Å². The summed E-state index contributed by atoms with van der Waals surface area (Å²) in [6, 6.07) is 16.3. The lowest BCUT2D eigenvalue weighted by molar-refractivity contribution is -0.121. The van der Waals surface area contributed by atoms with E-state index in [1.165, 1.54) is 11.1 Å². The number of hydrogen-bond donors (Lipinski definition) is 1. The minimum absolute atomic E-state index is 0.0896. The molecule has 29 heavy (non-hydrogen) atoms. The number of benzene rings is 2. The summed E-state index contributed by atoms with van der Waals surface area (Å²) in [5.41, 5.74) is 3.44. The lowest BCUT2D eigenvalue weighted by Crippen LogP contribution is -2.37. The van der Waals surface area contributed by atoms with E-state index in [0.717, 1.165) is 62.8 Å². The van der Waals surface area contributed by atoms with Crippen molar-refractivity contribution >= 4 is 23.2 Å². The first-order valence-corrected chi connectivity index (χ1v) is 11.0. The predicted molar refractivity (Wildman–Crippen MR) is 121 cm³/mol. The monoisotopic (exact) mass is 413 g/mol. The predicted octanol–water partition coefficient (Wildman–Crippen LogP) is 5.03. The molecule has 2 aromatic rings. The summed E-state index contributed by atoms with van der Waals surface area (Å²) in [7, 11) is 0. The molecule has 0 saturated carbocycles. The summed E-state index contributed by atoms with van der Waals surface area (Å²) in [6.07, 6.45) is 1.80. The Kier molecular flexibility index (Phi) is 8.10. The van der Waals surface area contributed by atoms with Gasteiger partial charge in [-0.3, -0.25) is 14.6 Å². The molecule has 0 spiro atoms. The van der Waals surface area contributed by atoms with Crippen LogP contribution in [0.1, 0.15) is 37.8 Å². The number of hydrogen-bond acceptors (Lipinski definition) is 3. The Morgan fingerprint density at radius 2 is 1.59 bits per heavy atom. The molecular weight excluding hydrogens is 382 g/mol. The molecule has 4 nitrogen and oxygen atoms in total. The van der Waals surface area contributed by atoms with Gasteiger partial charge in [0.05, 0.1) is 0 Å². The van der Waals surface area contributed by atoms with Crippen molar-refractivity contribution < 1.29 is 4.79 Å². The van der Waals surface area contributed by atoms with Gasteiger partial charge in [0.2, 0.25) is 5.91 Å². The maximum Gasteiger partial charge on any atom is 0.227 e. The number of carbonyl (C=O) groups is 1. The zero-order valence-electron chi connectivity index (χ0n) is 17.5. The molecule has 1 fully saturated rings. The van der Waals surface area contributed by atoms with Gasteiger partial charge in [0.15, 0.2) is 0 Å². The van der Waals surface area contributed by atoms with Crippen LogP contribution in [0.3, 0.4) is 0 Å². The fraction of sp³-hybridized carbons (Fsp3) is 0.458. The number of nitrogens with one attached hydrogen (secondary N) is 1. The van der Waals surface area contributed by atoms with E-state index in [1.54, 1.807) is 0 Å². The second-order valence-electron chi connectivity index (χ2n) is 7.82. The third kappa shape index (κ3) is 6.56. The van der Waals surface area contributed by atoms with Gasteiger partial charge < -0.3 is 5.32 Å². The molecule has 0 aromatic heterocycles. The smallest absolute Gasteiger partial charge is 0.227 e. The van der Waals surface area contributed by atoms with Crippen molar-refractivity contribution in [2.75, 3.05) is 31.5 Å². The van der Waals surface area contributed by atoms with Crippen LogP contribution in [0.5, 0.6) is 0 Å². The fourth-order valence-electron chi connectivity index (χ4n) is 3.84. The summed E-state index contributed by atoms with van der Waals surface area (Å²) in [5, 5.41) is 3.87. The SMILES string of the molecule is CCN(CC)Cc1ccc(NC(=O)C2CCN(Cc3ccc(Cl)cc3)CC2)cc1. The molecule has 0 aliphatic carbocycles. The molecule has 1 amide bonds. The minimum Gasteiger partial charge on any atom is -0.326 e. The molecule has 1 aliphatic heterocycles. The number of nitrogens with zero attached hydrogens (tertiary/aromatic N) is 2. The molecule has 1 aliphatic rings. The fourth-order valence-corrected chi connectivity index (χ4v) is 3.97. The van der Waals surface area contributed by atoms with Crippen LogP contribution in [0.2, 0.25) is 5.02 Å². The zero-order valence-corrected chi connectivity index (χ0v) is 18.3. The molecule has 0 radical (unpaired) electrons. The Bertz CT molecular complexity index is 764. The first kappa shape index (κ1) is 21.8. The van der Waals surface area contributed by atoms with Crippen LogP contribution in [0, 0.1) is 5.92 Å². The van der Waals surface area contributed by atoms with Gasteiger partial charge in [-0.25, -0.2) is 0 Å². The molecule has 5 heteroatoms. The van der Waals surface area contributed by atoms with Gasteiger partial charge in [-0.05, 0) is 74.4 Å². The van der Waals surface area contributed by atoms with Crippen LogP contribution in [-0.2, 0) is 17.9 Å². The Morgan fingerprint density at radius 1 is 1.00 bits per heavy atom. The largest absolute Gasteiger partial charge is 0.326 e. The van der Waals surface area contributed by atoms with Crippen LogP contribution in [0.15, 0.2) is 48.5 Å². The maximum absolute atomic E-state index is 12.7. The van der Waals surface area contributed by atoms with Crippen molar-refractivity contribution in [2.24, 2.45) is 5.92 Å². The zero-order chi connectivity index (χ0) is 20.6.